The van der Waals surface area contributed by atoms with Crippen LogP contribution in [-0.2, 0) is 14.3 Å². The summed E-state index contributed by atoms with van der Waals surface area (Å²) in [6.07, 6.45) is 0. The molecule has 0 amide bonds. The molecule has 0 aliphatic carbocycles. The van der Waals surface area contributed by atoms with E-state index in [0.717, 1.165) is 0 Å². The van der Waals surface area contributed by atoms with E-state index in [2.05, 4.69) is 5.32 Å². The van der Waals surface area contributed by atoms with Gasteiger partial charge in [-0.3, -0.25) is 10.1 Å². The van der Waals surface area contributed by atoms with Crippen LogP contribution in [0.2, 0.25) is 0 Å². The number of esters is 1. The summed E-state index contributed by atoms with van der Waals surface area (Å²) >= 11 is 1.29. The number of hydrogen-bond donors (Lipinski definition) is 2. The number of carboxylic acid groups (broad SMARTS) is 1. The molecule has 1 rings (SSSR count). The Morgan fingerprint density at radius 2 is 2.00 bits per heavy atom. The molecule has 0 aromatic rings. The molecule has 0 bridgehead atoms. The quantitative estimate of drug-likeness (QED) is 0.720. The van der Waals surface area contributed by atoms with Crippen molar-refractivity contribution in [3.8, 4) is 0 Å². The van der Waals surface area contributed by atoms with Crippen LogP contribution < -0.4 is 5.32 Å². The van der Waals surface area contributed by atoms with Gasteiger partial charge in [-0.2, -0.15) is 0 Å². The Morgan fingerprint density at radius 3 is 2.38 bits per heavy atom. The third-order valence-corrected chi connectivity index (χ3v) is 3.95. The van der Waals surface area contributed by atoms with Gasteiger partial charge in [0.05, 0.1) is 6.61 Å². The predicted octanol–water partition coefficient (Wildman–Crippen LogP) is 0.834. The number of carbonyl (C=O) groups excluding carboxylic acids is 1. The maximum atomic E-state index is 11.7. The monoisotopic (exact) mass is 247 g/mol. The lowest BCUT2D eigenvalue weighted by molar-refractivity contribution is -0.147. The first kappa shape index (κ1) is 13.3. The number of carboxylic acids is 1. The summed E-state index contributed by atoms with van der Waals surface area (Å²) in [5, 5.41) is 11.9. The summed E-state index contributed by atoms with van der Waals surface area (Å²) in [5.74, 6) is -1.37. The summed E-state index contributed by atoms with van der Waals surface area (Å²) < 4.78 is 4.39. The molecule has 6 heteroatoms. The summed E-state index contributed by atoms with van der Waals surface area (Å²) in [5.41, 5.74) is 0. The second-order valence-electron chi connectivity index (χ2n) is 4.37. The van der Waals surface area contributed by atoms with Gasteiger partial charge in [0.25, 0.3) is 0 Å². The van der Waals surface area contributed by atoms with Gasteiger partial charge in [-0.15, -0.1) is 11.8 Å². The first-order valence-corrected chi connectivity index (χ1v) is 5.92. The zero-order chi connectivity index (χ0) is 12.6. The SMILES string of the molecule is CCOC(=O)C1(C)NC(C(=O)O)C(C)(C)S1. The summed E-state index contributed by atoms with van der Waals surface area (Å²) in [6, 6.07) is -0.757. The molecule has 0 saturated carbocycles. The average Bonchev–Trinajstić information content (AvgIpc) is 2.38. The van der Waals surface area contributed by atoms with Crippen molar-refractivity contribution in [3.05, 3.63) is 0 Å². The molecular formula is C10H17NO4S. The van der Waals surface area contributed by atoms with Crippen molar-refractivity contribution >= 4 is 23.7 Å². The number of ether oxygens (including phenoxy) is 1. The molecule has 1 fully saturated rings. The van der Waals surface area contributed by atoms with Gasteiger partial charge in [0.15, 0.2) is 4.87 Å². The third kappa shape index (κ3) is 2.32. The largest absolute Gasteiger partial charge is 0.480 e. The second-order valence-corrected chi connectivity index (χ2v) is 6.45. The van der Waals surface area contributed by atoms with Crippen LogP contribution in [0.5, 0.6) is 0 Å². The minimum Gasteiger partial charge on any atom is -0.480 e. The highest BCUT2D eigenvalue weighted by Gasteiger charge is 2.55. The Kier molecular flexibility index (Phi) is 3.54. The van der Waals surface area contributed by atoms with Gasteiger partial charge in [-0.1, -0.05) is 0 Å². The third-order valence-electron chi connectivity index (χ3n) is 2.49. The zero-order valence-electron chi connectivity index (χ0n) is 9.86. The van der Waals surface area contributed by atoms with Crippen LogP contribution in [0.25, 0.3) is 0 Å². The van der Waals surface area contributed by atoms with Crippen LogP contribution in [0.3, 0.4) is 0 Å². The van der Waals surface area contributed by atoms with E-state index < -0.39 is 27.6 Å². The molecular weight excluding hydrogens is 230 g/mol. The van der Waals surface area contributed by atoms with E-state index in [9.17, 15) is 9.59 Å². The van der Waals surface area contributed by atoms with Gasteiger partial charge in [0.1, 0.15) is 6.04 Å². The van der Waals surface area contributed by atoms with Gasteiger partial charge in [0, 0.05) is 4.75 Å². The van der Waals surface area contributed by atoms with Crippen LogP contribution in [0.1, 0.15) is 27.7 Å². The van der Waals surface area contributed by atoms with Crippen molar-refractivity contribution < 1.29 is 19.4 Å². The average molecular weight is 247 g/mol. The first-order valence-electron chi connectivity index (χ1n) is 5.11. The Bertz CT molecular complexity index is 318. The summed E-state index contributed by atoms with van der Waals surface area (Å²) in [7, 11) is 0. The highest BCUT2D eigenvalue weighted by Crippen LogP contribution is 2.45. The topological polar surface area (TPSA) is 75.6 Å². The van der Waals surface area contributed by atoms with Crippen LogP contribution >= 0.6 is 11.8 Å². The Balaban J connectivity index is 2.89. The van der Waals surface area contributed by atoms with Gasteiger partial charge >= 0.3 is 11.9 Å². The fraction of sp³-hybridized carbons (Fsp3) is 0.800. The molecule has 1 saturated heterocycles. The van der Waals surface area contributed by atoms with E-state index in [1.165, 1.54) is 11.8 Å². The summed E-state index contributed by atoms with van der Waals surface area (Å²) in [4.78, 5) is 21.8. The van der Waals surface area contributed by atoms with Crippen LogP contribution in [0.15, 0.2) is 0 Å². The molecule has 16 heavy (non-hydrogen) atoms. The minimum atomic E-state index is -0.984. The standard InChI is InChI=1S/C10H17NO4S/c1-5-15-8(14)10(4)11-6(7(12)13)9(2,3)16-10/h6,11H,5H2,1-4H3,(H,12,13). The molecule has 2 atom stereocenters. The van der Waals surface area contributed by atoms with E-state index >= 15 is 0 Å². The molecule has 0 radical (unpaired) electrons. The number of rotatable bonds is 3. The maximum absolute atomic E-state index is 11.7. The number of hydrogen-bond acceptors (Lipinski definition) is 5. The molecule has 5 nitrogen and oxygen atoms in total. The highest BCUT2D eigenvalue weighted by molar-refractivity contribution is 8.03. The molecule has 92 valence electrons. The van der Waals surface area contributed by atoms with Crippen molar-refractivity contribution in [1.29, 1.82) is 0 Å². The molecule has 2 N–H and O–H groups in total. The maximum Gasteiger partial charge on any atom is 0.336 e. The lowest BCUT2D eigenvalue weighted by Gasteiger charge is -2.22. The van der Waals surface area contributed by atoms with E-state index in [-0.39, 0.29) is 6.61 Å². The Morgan fingerprint density at radius 1 is 1.44 bits per heavy atom. The smallest absolute Gasteiger partial charge is 0.336 e. The second kappa shape index (κ2) is 4.25. The number of aliphatic carboxylic acids is 1. The van der Waals surface area contributed by atoms with E-state index in [1.807, 2.05) is 0 Å². The van der Waals surface area contributed by atoms with Crippen molar-refractivity contribution in [3.63, 3.8) is 0 Å². The number of carbonyl (C=O) groups is 2. The zero-order valence-corrected chi connectivity index (χ0v) is 10.7. The van der Waals surface area contributed by atoms with Crippen molar-refractivity contribution in [1.82, 2.24) is 5.32 Å². The predicted molar refractivity (Wildman–Crippen MR) is 61.3 cm³/mol. The molecule has 2 unspecified atom stereocenters. The van der Waals surface area contributed by atoms with Gasteiger partial charge in [-0.25, -0.2) is 4.79 Å². The van der Waals surface area contributed by atoms with Gasteiger partial charge in [0.2, 0.25) is 0 Å². The van der Waals surface area contributed by atoms with Crippen molar-refractivity contribution in [2.24, 2.45) is 0 Å². The molecule has 1 aliphatic heterocycles. The fourth-order valence-electron chi connectivity index (χ4n) is 1.79. The number of nitrogens with one attached hydrogen (secondary N) is 1. The van der Waals surface area contributed by atoms with Crippen LogP contribution in [0.4, 0.5) is 0 Å². The van der Waals surface area contributed by atoms with Gasteiger partial charge in [-0.05, 0) is 27.7 Å². The van der Waals surface area contributed by atoms with Crippen LogP contribution in [0, 0.1) is 0 Å². The lowest BCUT2D eigenvalue weighted by Crippen LogP contribution is -2.51. The number of thioether (sulfide) groups is 1. The molecule has 0 spiro atoms. The fourth-order valence-corrected chi connectivity index (χ4v) is 3.44. The van der Waals surface area contributed by atoms with E-state index in [0.29, 0.717) is 0 Å². The summed E-state index contributed by atoms with van der Waals surface area (Å²) in [6.45, 7) is 7.26. The highest BCUT2D eigenvalue weighted by atomic mass is 32.2. The molecule has 1 aliphatic rings. The van der Waals surface area contributed by atoms with E-state index in [4.69, 9.17) is 9.84 Å². The Labute approximate surface area is 98.9 Å². The molecule has 1 heterocycles. The molecule has 0 aromatic heterocycles. The first-order chi connectivity index (χ1) is 7.23. The van der Waals surface area contributed by atoms with E-state index in [1.54, 1.807) is 27.7 Å². The normalized spacial score (nSPS) is 32.4. The van der Waals surface area contributed by atoms with Crippen molar-refractivity contribution in [2.45, 2.75) is 43.4 Å². The lowest BCUT2D eigenvalue weighted by atomic mass is 10.0. The minimum absolute atomic E-state index is 0.287. The van der Waals surface area contributed by atoms with Gasteiger partial charge < -0.3 is 9.84 Å². The van der Waals surface area contributed by atoms with Crippen molar-refractivity contribution in [2.75, 3.05) is 6.61 Å². The van der Waals surface area contributed by atoms with Crippen LogP contribution in [-0.4, -0.2) is 39.3 Å². The Hall–Kier alpha value is -0.750. The molecule has 0 aromatic carbocycles.